The van der Waals surface area contributed by atoms with Gasteiger partial charge in [0.2, 0.25) is 5.89 Å². The predicted octanol–water partition coefficient (Wildman–Crippen LogP) is 5.96. The molecule has 0 aliphatic rings. The van der Waals surface area contributed by atoms with Crippen LogP contribution in [0.2, 0.25) is 0 Å². The fourth-order valence-electron chi connectivity index (χ4n) is 3.78. The fourth-order valence-corrected chi connectivity index (χ4v) is 3.78. The Balaban J connectivity index is 1.48. The normalized spacial score (nSPS) is 12.2. The summed E-state index contributed by atoms with van der Waals surface area (Å²) in [7, 11) is 0. The van der Waals surface area contributed by atoms with Crippen LogP contribution < -0.4 is 16.2 Å². The molecule has 0 unspecified atom stereocenters. The minimum Gasteiger partial charge on any atom is -0.487 e. The van der Waals surface area contributed by atoms with Gasteiger partial charge in [-0.2, -0.15) is 13.2 Å². The van der Waals surface area contributed by atoms with Crippen molar-refractivity contribution in [2.24, 2.45) is 0 Å². The molecular formula is C27H26F3N3O5. The van der Waals surface area contributed by atoms with Gasteiger partial charge in [-0.05, 0) is 67.3 Å². The Morgan fingerprint density at radius 1 is 1.16 bits per heavy atom. The number of allylic oxidation sites excluding steroid dienone is 2. The third kappa shape index (κ3) is 6.53. The quantitative estimate of drug-likeness (QED) is 0.272. The number of halogens is 3. The number of alkyl halides is 3. The van der Waals surface area contributed by atoms with Crippen LogP contribution in [0.15, 0.2) is 73.1 Å². The summed E-state index contributed by atoms with van der Waals surface area (Å²) in [5.41, 5.74) is 1.45. The maximum atomic E-state index is 12.8. The Morgan fingerprint density at radius 3 is 2.58 bits per heavy atom. The van der Waals surface area contributed by atoms with Gasteiger partial charge in [0.25, 0.3) is 0 Å². The van der Waals surface area contributed by atoms with Gasteiger partial charge in [-0.25, -0.2) is 19.6 Å². The first-order chi connectivity index (χ1) is 18.1. The number of aryl methyl sites for hydroxylation is 1. The lowest BCUT2D eigenvalue weighted by Crippen LogP contribution is -2.16. The zero-order chi connectivity index (χ0) is 27.3. The molecule has 0 saturated carbocycles. The van der Waals surface area contributed by atoms with Crippen molar-refractivity contribution >= 4 is 5.57 Å². The minimum absolute atomic E-state index is 0.0946. The third-order valence-corrected chi connectivity index (χ3v) is 5.86. The maximum absolute atomic E-state index is 12.8. The first-order valence-corrected chi connectivity index (χ1v) is 12.0. The van der Waals surface area contributed by atoms with Crippen LogP contribution >= 0.6 is 0 Å². The van der Waals surface area contributed by atoms with E-state index in [1.807, 2.05) is 24.3 Å². The number of nitrogens with one attached hydrogen (secondary N) is 1. The molecule has 0 spiro atoms. The van der Waals surface area contributed by atoms with Crippen molar-refractivity contribution < 1.29 is 26.8 Å². The second-order valence-electron chi connectivity index (χ2n) is 8.62. The summed E-state index contributed by atoms with van der Waals surface area (Å²) >= 11 is 0. The van der Waals surface area contributed by atoms with Crippen LogP contribution in [0.5, 0.6) is 5.75 Å². The minimum atomic E-state index is -4.42. The molecule has 38 heavy (non-hydrogen) atoms. The Morgan fingerprint density at radius 2 is 1.92 bits per heavy atom. The van der Waals surface area contributed by atoms with E-state index in [4.69, 9.17) is 13.7 Å². The van der Waals surface area contributed by atoms with Gasteiger partial charge in [0.05, 0.1) is 12.1 Å². The van der Waals surface area contributed by atoms with Crippen LogP contribution in [0.4, 0.5) is 13.2 Å². The lowest BCUT2D eigenvalue weighted by Gasteiger charge is -2.11. The summed E-state index contributed by atoms with van der Waals surface area (Å²) in [6, 6.07) is 12.0. The number of H-pyrrole nitrogens is 1. The third-order valence-electron chi connectivity index (χ3n) is 5.86. The van der Waals surface area contributed by atoms with Crippen molar-refractivity contribution in [2.45, 2.75) is 52.4 Å². The van der Waals surface area contributed by atoms with Crippen molar-refractivity contribution in [3.63, 3.8) is 0 Å². The van der Waals surface area contributed by atoms with Crippen LogP contribution in [0.3, 0.4) is 0 Å². The first kappa shape index (κ1) is 26.8. The van der Waals surface area contributed by atoms with Crippen LogP contribution in [0, 0.1) is 6.92 Å². The van der Waals surface area contributed by atoms with Gasteiger partial charge < -0.3 is 13.7 Å². The molecule has 0 aliphatic heterocycles. The van der Waals surface area contributed by atoms with Crippen molar-refractivity contribution in [3.05, 3.63) is 98.2 Å². The average Bonchev–Trinajstić information content (AvgIpc) is 3.42. The molecule has 1 N–H and O–H groups in total. The van der Waals surface area contributed by atoms with E-state index < -0.39 is 23.2 Å². The molecule has 0 aliphatic carbocycles. The molecule has 0 bridgehead atoms. The Labute approximate surface area is 215 Å². The summed E-state index contributed by atoms with van der Waals surface area (Å²) in [5, 5.41) is 0. The zero-order valence-corrected chi connectivity index (χ0v) is 20.8. The molecule has 2 aromatic heterocycles. The van der Waals surface area contributed by atoms with Crippen molar-refractivity contribution in [1.82, 2.24) is 14.7 Å². The van der Waals surface area contributed by atoms with Crippen molar-refractivity contribution in [1.29, 1.82) is 0 Å². The zero-order valence-electron chi connectivity index (χ0n) is 20.8. The number of aromatic amines is 1. The molecule has 4 rings (SSSR count). The molecular weight excluding hydrogens is 503 g/mol. The Hall–Kier alpha value is -4.28. The highest BCUT2D eigenvalue weighted by molar-refractivity contribution is 5.66. The summed E-state index contributed by atoms with van der Waals surface area (Å²) in [6.07, 6.45) is 0.0697. The van der Waals surface area contributed by atoms with Crippen LogP contribution in [0.1, 0.15) is 48.8 Å². The van der Waals surface area contributed by atoms with Gasteiger partial charge in [-0.15, -0.1) is 4.74 Å². The smallest absolute Gasteiger partial charge is 0.440 e. The molecule has 0 saturated heterocycles. The standard InChI is InChI=1S/C27H26F3N3O5/c1-3-4-6-18(13-14-33-25(34)32-26(35)38-33)20-7-5-8-22(15-20)36-16-23-17(2)37-24(31-23)19-9-11-21(12-10-19)27(28,29)30/h5,7-13,15H,3-4,6,14,16H2,1-2H3,(H,32,34,35)/b18-13+. The predicted molar refractivity (Wildman–Crippen MR) is 134 cm³/mol. The van der Waals surface area contributed by atoms with Gasteiger partial charge in [0.15, 0.2) is 0 Å². The topological polar surface area (TPSA) is 103 Å². The fraction of sp³-hybridized carbons (Fsp3) is 0.296. The molecule has 2 heterocycles. The van der Waals surface area contributed by atoms with E-state index in [1.165, 1.54) is 12.1 Å². The summed E-state index contributed by atoms with van der Waals surface area (Å²) in [6.45, 7) is 3.98. The number of hydrogen-bond acceptors (Lipinski definition) is 6. The van der Waals surface area contributed by atoms with Gasteiger partial charge in [-0.3, -0.25) is 0 Å². The van der Waals surface area contributed by atoms with Crippen molar-refractivity contribution in [2.75, 3.05) is 0 Å². The Kier molecular flexibility index (Phi) is 8.04. The van der Waals surface area contributed by atoms with E-state index in [1.54, 1.807) is 13.0 Å². The number of benzene rings is 2. The monoisotopic (exact) mass is 529 g/mol. The second kappa shape index (κ2) is 11.4. The molecule has 200 valence electrons. The molecule has 0 atom stereocenters. The maximum Gasteiger partial charge on any atom is 0.440 e. The van der Waals surface area contributed by atoms with E-state index in [2.05, 4.69) is 16.9 Å². The van der Waals surface area contributed by atoms with E-state index in [0.29, 0.717) is 22.8 Å². The molecule has 8 nitrogen and oxygen atoms in total. The SMILES string of the molecule is CCCC/C(=C\Cn1oc(=O)[nH]c1=O)c1cccc(OCc2nc(-c3ccc(C(F)(F)F)cc3)oc2C)c1. The number of ether oxygens (including phenoxy) is 1. The number of hydrogen-bond donors (Lipinski definition) is 1. The lowest BCUT2D eigenvalue weighted by atomic mass is 9.99. The highest BCUT2D eigenvalue weighted by Gasteiger charge is 2.30. The van der Waals surface area contributed by atoms with E-state index >= 15 is 0 Å². The highest BCUT2D eigenvalue weighted by atomic mass is 19.4. The van der Waals surface area contributed by atoms with Gasteiger partial charge in [-0.1, -0.05) is 31.6 Å². The summed E-state index contributed by atoms with van der Waals surface area (Å²) in [4.78, 5) is 29.5. The molecule has 2 aromatic carbocycles. The number of rotatable bonds is 10. The second-order valence-corrected chi connectivity index (χ2v) is 8.62. The molecule has 0 radical (unpaired) electrons. The highest BCUT2D eigenvalue weighted by Crippen LogP contribution is 2.31. The first-order valence-electron chi connectivity index (χ1n) is 12.0. The van der Waals surface area contributed by atoms with E-state index in [9.17, 15) is 22.8 Å². The molecule has 11 heteroatoms. The molecule has 0 amide bonds. The van der Waals surface area contributed by atoms with Gasteiger partial charge >= 0.3 is 17.6 Å². The average molecular weight is 530 g/mol. The van der Waals surface area contributed by atoms with Crippen molar-refractivity contribution in [3.8, 4) is 17.2 Å². The van der Waals surface area contributed by atoms with Crippen LogP contribution in [0.25, 0.3) is 17.0 Å². The Bertz CT molecular complexity index is 1520. The van der Waals surface area contributed by atoms with Crippen LogP contribution in [-0.2, 0) is 19.3 Å². The van der Waals surface area contributed by atoms with E-state index in [0.717, 1.165) is 47.3 Å². The number of unbranched alkanes of at least 4 members (excludes halogenated alkanes) is 1. The summed E-state index contributed by atoms with van der Waals surface area (Å²) in [5.74, 6) is 0.477. The largest absolute Gasteiger partial charge is 0.487 e. The van der Waals surface area contributed by atoms with Gasteiger partial charge in [0.1, 0.15) is 23.8 Å². The molecule has 0 fully saturated rings. The van der Waals surface area contributed by atoms with Gasteiger partial charge in [0, 0.05) is 5.56 Å². The van der Waals surface area contributed by atoms with E-state index in [-0.39, 0.29) is 19.0 Å². The van der Waals surface area contributed by atoms with Crippen LogP contribution in [-0.4, -0.2) is 14.7 Å². The molecule has 4 aromatic rings. The lowest BCUT2D eigenvalue weighted by molar-refractivity contribution is -0.137. The number of oxazole rings is 1. The summed E-state index contributed by atoms with van der Waals surface area (Å²) < 4.78 is 55.9. The number of aromatic nitrogens is 3. The number of nitrogens with zero attached hydrogens (tertiary/aromatic N) is 2.